The van der Waals surface area contributed by atoms with Crippen LogP contribution >= 0.6 is 22.6 Å². The normalized spacial score (nSPS) is 40.2. The number of ether oxygens (including phenoxy) is 5. The standard InChI is InChI=1S/C38H56INO11/c1-12-26-13-15-27(16-14-26)19-40(10)28-18-21(3)48-35(31(28)49-25(7)41)50-33-23(5)30(43)24(6)34(45)51-36(39)37(8,46)32(44)22(4)29(42)17-20(2)38(33,9)47-11/h1,13-16,20-24,28,30-33,35-36,43-44,46H,17-19H2,2-11H3/t20-,21-,22+,23+,24-,28+,30+,31-,32-,33-,35+,36+,37+,38-/m1/s1. The number of carbonyl (C=O) groups excluding carboxylic acids is 3. The Balaban J connectivity index is 2.08. The van der Waals surface area contributed by atoms with Gasteiger partial charge in [0.1, 0.15) is 11.4 Å². The number of halogens is 1. The molecule has 0 aromatic heterocycles. The van der Waals surface area contributed by atoms with Gasteiger partial charge in [-0.05, 0) is 87.4 Å². The number of esters is 2. The summed E-state index contributed by atoms with van der Waals surface area (Å²) in [4.78, 5) is 41.7. The van der Waals surface area contributed by atoms with E-state index in [0.717, 1.165) is 11.1 Å². The smallest absolute Gasteiger partial charge is 0.312 e. The van der Waals surface area contributed by atoms with Crippen LogP contribution in [0.25, 0.3) is 0 Å². The van der Waals surface area contributed by atoms with E-state index in [2.05, 4.69) is 10.8 Å². The number of rotatable bonds is 7. The third kappa shape index (κ3) is 9.89. The van der Waals surface area contributed by atoms with Crippen molar-refractivity contribution < 1.29 is 53.4 Å². The summed E-state index contributed by atoms with van der Waals surface area (Å²) >= 11 is 1.71. The first-order valence-corrected chi connectivity index (χ1v) is 18.7. The van der Waals surface area contributed by atoms with Gasteiger partial charge in [-0.2, -0.15) is 0 Å². The summed E-state index contributed by atoms with van der Waals surface area (Å²) in [5, 5.41) is 34.0. The second kappa shape index (κ2) is 17.8. The van der Waals surface area contributed by atoms with Crippen molar-refractivity contribution in [1.82, 2.24) is 4.90 Å². The molecule has 0 radical (unpaired) electrons. The van der Waals surface area contributed by atoms with Gasteiger partial charge in [0.2, 0.25) is 0 Å². The minimum atomic E-state index is -1.97. The first-order valence-electron chi connectivity index (χ1n) is 17.4. The summed E-state index contributed by atoms with van der Waals surface area (Å²) in [7, 11) is 3.39. The minimum absolute atomic E-state index is 0.0816. The summed E-state index contributed by atoms with van der Waals surface area (Å²) in [5.74, 6) is -2.64. The van der Waals surface area contributed by atoms with Gasteiger partial charge in [-0.3, -0.25) is 19.3 Å². The lowest BCUT2D eigenvalue weighted by Crippen LogP contribution is -2.62. The number of hydrogen-bond acceptors (Lipinski definition) is 12. The van der Waals surface area contributed by atoms with Crippen LogP contribution in [0.4, 0.5) is 0 Å². The maximum Gasteiger partial charge on any atom is 0.312 e. The van der Waals surface area contributed by atoms with Crippen LogP contribution in [0.1, 0.15) is 79.4 Å². The Morgan fingerprint density at radius 3 is 2.25 bits per heavy atom. The highest BCUT2D eigenvalue weighted by molar-refractivity contribution is 14.1. The highest BCUT2D eigenvalue weighted by Crippen LogP contribution is 2.41. The number of aliphatic hydroxyl groups is 3. The first-order chi connectivity index (χ1) is 23.7. The lowest BCUT2D eigenvalue weighted by molar-refractivity contribution is -0.308. The van der Waals surface area contributed by atoms with E-state index < -0.39 is 81.6 Å². The van der Waals surface area contributed by atoms with Crippen LogP contribution in [0.3, 0.4) is 0 Å². The van der Waals surface area contributed by atoms with Gasteiger partial charge in [-0.25, -0.2) is 0 Å². The van der Waals surface area contributed by atoms with Crippen LogP contribution in [0.5, 0.6) is 0 Å². The van der Waals surface area contributed by atoms with Gasteiger partial charge < -0.3 is 39.0 Å². The third-order valence-corrected chi connectivity index (χ3v) is 12.5. The van der Waals surface area contributed by atoms with E-state index in [9.17, 15) is 29.7 Å². The lowest BCUT2D eigenvalue weighted by atomic mass is 9.73. The van der Waals surface area contributed by atoms with Crippen molar-refractivity contribution in [3.05, 3.63) is 35.4 Å². The number of benzene rings is 1. The molecule has 0 bridgehead atoms. The predicted molar refractivity (Wildman–Crippen MR) is 197 cm³/mol. The van der Waals surface area contributed by atoms with Crippen molar-refractivity contribution in [2.45, 2.75) is 133 Å². The average Bonchev–Trinajstić information content (AvgIpc) is 3.08. The highest BCUT2D eigenvalue weighted by Gasteiger charge is 2.53. The molecular weight excluding hydrogens is 773 g/mol. The van der Waals surface area contributed by atoms with Crippen LogP contribution in [0.15, 0.2) is 24.3 Å². The van der Waals surface area contributed by atoms with Crippen LogP contribution in [-0.4, -0.2) is 110 Å². The Kier molecular flexibility index (Phi) is 15.1. The molecule has 13 heteroatoms. The fourth-order valence-electron chi connectivity index (χ4n) is 7.13. The average molecular weight is 830 g/mol. The molecule has 2 fully saturated rings. The molecule has 14 atom stereocenters. The predicted octanol–water partition coefficient (Wildman–Crippen LogP) is 3.62. The molecule has 2 aliphatic rings. The number of ketones is 1. The number of nitrogens with zero attached hydrogens (tertiary/aromatic N) is 1. The number of methoxy groups -OCH3 is 1. The molecule has 3 rings (SSSR count). The van der Waals surface area contributed by atoms with Crippen molar-refractivity contribution >= 4 is 40.3 Å². The van der Waals surface area contributed by atoms with E-state index >= 15 is 0 Å². The number of likely N-dealkylation sites (N-methyl/N-ethyl adjacent to an activating group) is 1. The maximum atomic E-state index is 13.7. The number of terminal acetylenes is 1. The van der Waals surface area contributed by atoms with Crippen LogP contribution in [0, 0.1) is 36.0 Å². The fraction of sp³-hybridized carbons (Fsp3) is 0.711. The van der Waals surface area contributed by atoms with Crippen molar-refractivity contribution in [3.8, 4) is 12.3 Å². The number of cyclic esters (lactones) is 1. The van der Waals surface area contributed by atoms with Crippen molar-refractivity contribution in [1.29, 1.82) is 0 Å². The summed E-state index contributed by atoms with van der Waals surface area (Å²) in [6.45, 7) is 13.3. The summed E-state index contributed by atoms with van der Waals surface area (Å²) < 4.78 is 29.6. The molecule has 2 aliphatic heterocycles. The van der Waals surface area contributed by atoms with Gasteiger partial charge in [0, 0.05) is 44.4 Å². The molecule has 3 N–H and O–H groups in total. The van der Waals surface area contributed by atoms with Crippen LogP contribution in [-0.2, 0) is 44.6 Å². The molecular formula is C38H56INO11. The summed E-state index contributed by atoms with van der Waals surface area (Å²) in [5.41, 5.74) is -1.51. The molecule has 0 spiro atoms. The molecule has 2 saturated heterocycles. The molecule has 286 valence electrons. The van der Waals surface area contributed by atoms with E-state index in [1.54, 1.807) is 43.4 Å². The Bertz CT molecular complexity index is 1400. The van der Waals surface area contributed by atoms with Gasteiger partial charge in [-0.15, -0.1) is 6.42 Å². The zero-order chi connectivity index (χ0) is 38.6. The maximum absolute atomic E-state index is 13.7. The van der Waals surface area contributed by atoms with Gasteiger partial charge >= 0.3 is 11.9 Å². The van der Waals surface area contributed by atoms with Crippen molar-refractivity contribution in [2.75, 3.05) is 14.2 Å². The van der Waals surface area contributed by atoms with E-state index in [0.29, 0.717) is 13.0 Å². The first kappa shape index (κ1) is 43.2. The highest BCUT2D eigenvalue weighted by atomic mass is 127. The van der Waals surface area contributed by atoms with Crippen molar-refractivity contribution in [2.24, 2.45) is 23.7 Å². The van der Waals surface area contributed by atoms with Gasteiger partial charge in [0.15, 0.2) is 16.5 Å². The van der Waals surface area contributed by atoms with Crippen LogP contribution < -0.4 is 0 Å². The molecule has 0 unspecified atom stereocenters. The summed E-state index contributed by atoms with van der Waals surface area (Å²) in [6, 6.07) is 7.27. The third-order valence-electron chi connectivity index (χ3n) is 10.9. The van der Waals surface area contributed by atoms with E-state index in [-0.39, 0.29) is 24.3 Å². The molecule has 51 heavy (non-hydrogen) atoms. The van der Waals surface area contributed by atoms with E-state index in [4.69, 9.17) is 30.1 Å². The summed E-state index contributed by atoms with van der Waals surface area (Å²) in [6.07, 6.45) is -0.391. The molecule has 0 amide bonds. The lowest BCUT2D eigenvalue weighted by Gasteiger charge is -2.50. The van der Waals surface area contributed by atoms with E-state index in [1.165, 1.54) is 34.8 Å². The molecule has 1 aromatic rings. The van der Waals surface area contributed by atoms with Crippen LogP contribution in [0.2, 0.25) is 0 Å². The zero-order valence-corrected chi connectivity index (χ0v) is 33.5. The Morgan fingerprint density at radius 2 is 1.71 bits per heavy atom. The largest absolute Gasteiger partial charge is 0.455 e. The number of hydrogen-bond donors (Lipinski definition) is 3. The fourth-order valence-corrected chi connectivity index (χ4v) is 7.75. The number of carbonyl (C=O) groups is 3. The second-order valence-corrected chi connectivity index (χ2v) is 15.9. The molecule has 2 heterocycles. The van der Waals surface area contributed by atoms with Crippen molar-refractivity contribution in [3.63, 3.8) is 0 Å². The molecule has 1 aromatic carbocycles. The monoisotopic (exact) mass is 829 g/mol. The topological polar surface area (TPSA) is 161 Å². The number of aliphatic hydroxyl groups excluding tert-OH is 2. The van der Waals surface area contributed by atoms with Gasteiger partial charge in [0.25, 0.3) is 0 Å². The minimum Gasteiger partial charge on any atom is -0.455 e. The quantitative estimate of drug-likeness (QED) is 0.159. The van der Waals surface area contributed by atoms with Gasteiger partial charge in [0.05, 0.1) is 42.0 Å². The van der Waals surface area contributed by atoms with Gasteiger partial charge in [-0.1, -0.05) is 38.8 Å². The van der Waals surface area contributed by atoms with E-state index in [1.807, 2.05) is 38.2 Å². The Labute approximate surface area is 316 Å². The Hall–Kier alpha value is -2.16. The Morgan fingerprint density at radius 1 is 1.10 bits per heavy atom. The zero-order valence-electron chi connectivity index (χ0n) is 31.4. The molecule has 12 nitrogen and oxygen atoms in total. The number of Topliss-reactive ketones (excluding diaryl/α,β-unsaturated/α-hetero) is 1. The SMILES string of the molecule is C#Cc1ccc(CN(C)[C@H]2C[C@@H](C)O[C@@H](O[C@@H]3[C@@H](C)[C@H](O)[C@@H](C)C(=O)O[C@H](I)[C@@](C)(O)[C@H](O)[C@@H](C)C(=O)C[C@@H](C)[C@@]3(C)OC)[C@@H]2OC(C)=O)cc1. The molecule has 0 aliphatic carbocycles. The second-order valence-electron chi connectivity index (χ2n) is 14.8. The molecule has 0 saturated carbocycles. The number of alkyl halides is 1.